The van der Waals surface area contributed by atoms with Gasteiger partial charge in [-0.2, -0.15) is 13.2 Å². The fourth-order valence-corrected chi connectivity index (χ4v) is 2.96. The fraction of sp³-hybridized carbons (Fsp3) is 0.125. The van der Waals surface area contributed by atoms with Crippen LogP contribution in [0, 0.1) is 0 Å². The highest BCUT2D eigenvalue weighted by Crippen LogP contribution is 2.23. The summed E-state index contributed by atoms with van der Waals surface area (Å²) in [6.45, 7) is 0.156. The minimum atomic E-state index is -5.08. The summed E-state index contributed by atoms with van der Waals surface area (Å²) in [6, 6.07) is 20.9. The van der Waals surface area contributed by atoms with Crippen LogP contribution in [0.4, 0.5) is 30.2 Å². The molecule has 0 aliphatic rings. The molecule has 0 spiro atoms. The van der Waals surface area contributed by atoms with Crippen LogP contribution in [0.25, 0.3) is 0 Å². The molecule has 190 valence electrons. The standard InChI is InChI=1S/C22H21ClN4O2.C2HF3O2/c23-19-10-9-17(12-20(19)25)26-21(28)14-27(18-7-2-1-3-8-18)22(29)16-6-4-5-15(11-16)13-24;3-2(4,5)1(6)7/h1-12H,13-14,24-25H2,(H,26,28);(H,6,7). The van der Waals surface area contributed by atoms with E-state index in [9.17, 15) is 22.8 Å². The van der Waals surface area contributed by atoms with Crippen molar-refractivity contribution in [2.75, 3.05) is 22.5 Å². The molecule has 0 heterocycles. The highest BCUT2D eigenvalue weighted by Gasteiger charge is 2.38. The Morgan fingerprint density at radius 1 is 0.972 bits per heavy atom. The van der Waals surface area contributed by atoms with Gasteiger partial charge in [-0.25, -0.2) is 4.79 Å². The summed E-state index contributed by atoms with van der Waals surface area (Å²) in [6.07, 6.45) is -5.08. The van der Waals surface area contributed by atoms with Gasteiger partial charge in [-0.15, -0.1) is 0 Å². The Bertz CT molecular complexity index is 1220. The van der Waals surface area contributed by atoms with Crippen molar-refractivity contribution in [2.45, 2.75) is 12.7 Å². The lowest BCUT2D eigenvalue weighted by Gasteiger charge is -2.23. The molecule has 0 bridgehead atoms. The first-order valence-corrected chi connectivity index (χ1v) is 10.6. The zero-order valence-electron chi connectivity index (χ0n) is 18.6. The maximum Gasteiger partial charge on any atom is 0.490 e. The quantitative estimate of drug-likeness (QED) is 0.356. The highest BCUT2D eigenvalue weighted by molar-refractivity contribution is 6.33. The fourth-order valence-electron chi connectivity index (χ4n) is 2.84. The van der Waals surface area contributed by atoms with Crippen LogP contribution in [0.5, 0.6) is 0 Å². The first-order valence-electron chi connectivity index (χ1n) is 10.2. The Kier molecular flexibility index (Phi) is 9.83. The highest BCUT2D eigenvalue weighted by atomic mass is 35.5. The number of rotatable bonds is 6. The number of anilines is 3. The predicted molar refractivity (Wildman–Crippen MR) is 131 cm³/mol. The Morgan fingerprint density at radius 2 is 1.61 bits per heavy atom. The number of nitrogens with two attached hydrogens (primary N) is 2. The van der Waals surface area contributed by atoms with E-state index in [2.05, 4.69) is 5.32 Å². The Morgan fingerprint density at radius 3 is 2.17 bits per heavy atom. The summed E-state index contributed by atoms with van der Waals surface area (Å²) < 4.78 is 31.7. The molecule has 36 heavy (non-hydrogen) atoms. The number of aliphatic carboxylic acids is 1. The third-order valence-corrected chi connectivity index (χ3v) is 4.89. The van der Waals surface area contributed by atoms with E-state index < -0.39 is 12.1 Å². The zero-order valence-corrected chi connectivity index (χ0v) is 19.4. The molecule has 0 fully saturated rings. The van der Waals surface area contributed by atoms with E-state index in [1.54, 1.807) is 48.5 Å². The van der Waals surface area contributed by atoms with Crippen molar-refractivity contribution < 1.29 is 32.7 Å². The first kappa shape index (κ1) is 28.1. The number of hydrogen-bond donors (Lipinski definition) is 4. The molecule has 0 radical (unpaired) electrons. The van der Waals surface area contributed by atoms with E-state index in [1.165, 1.54) is 4.90 Å². The lowest BCUT2D eigenvalue weighted by molar-refractivity contribution is -0.192. The van der Waals surface area contributed by atoms with E-state index in [1.807, 2.05) is 24.3 Å². The van der Waals surface area contributed by atoms with Crippen molar-refractivity contribution in [2.24, 2.45) is 5.73 Å². The van der Waals surface area contributed by atoms with Crippen LogP contribution < -0.4 is 21.7 Å². The Hall–Kier alpha value is -4.09. The molecule has 2 amide bonds. The number of carbonyl (C=O) groups excluding carboxylic acids is 2. The third kappa shape index (κ3) is 8.29. The number of amides is 2. The molecular weight excluding hydrogens is 501 g/mol. The average molecular weight is 523 g/mol. The molecule has 0 aliphatic carbocycles. The molecule has 0 unspecified atom stereocenters. The summed E-state index contributed by atoms with van der Waals surface area (Å²) >= 11 is 5.92. The van der Waals surface area contributed by atoms with Crippen LogP contribution in [0.1, 0.15) is 15.9 Å². The van der Waals surface area contributed by atoms with E-state index in [0.29, 0.717) is 34.2 Å². The summed E-state index contributed by atoms with van der Waals surface area (Å²) in [4.78, 5) is 36.1. The Balaban J connectivity index is 0.000000572. The van der Waals surface area contributed by atoms with Gasteiger partial charge in [0, 0.05) is 23.5 Å². The van der Waals surface area contributed by atoms with Gasteiger partial charge in [0.1, 0.15) is 6.54 Å². The number of hydrogen-bond acceptors (Lipinski definition) is 5. The summed E-state index contributed by atoms with van der Waals surface area (Å²) in [5, 5.41) is 10.3. The van der Waals surface area contributed by atoms with E-state index >= 15 is 0 Å². The first-order chi connectivity index (χ1) is 16.9. The molecular formula is C24H22ClF3N4O4. The van der Waals surface area contributed by atoms with E-state index in [4.69, 9.17) is 33.0 Å². The van der Waals surface area contributed by atoms with E-state index in [-0.39, 0.29) is 18.4 Å². The largest absolute Gasteiger partial charge is 0.490 e. The molecule has 3 aromatic carbocycles. The maximum absolute atomic E-state index is 13.2. The molecule has 0 atom stereocenters. The number of nitrogens with zero attached hydrogens (tertiary/aromatic N) is 1. The molecule has 0 saturated carbocycles. The van der Waals surface area contributed by atoms with Crippen LogP contribution in [-0.4, -0.2) is 35.6 Å². The van der Waals surface area contributed by atoms with E-state index in [0.717, 1.165) is 5.56 Å². The second-order valence-corrected chi connectivity index (χ2v) is 7.63. The smallest absolute Gasteiger partial charge is 0.475 e. The Labute approximate surface area is 209 Å². The summed E-state index contributed by atoms with van der Waals surface area (Å²) in [5.74, 6) is -3.41. The van der Waals surface area contributed by atoms with Gasteiger partial charge in [-0.3, -0.25) is 14.5 Å². The van der Waals surface area contributed by atoms with Crippen molar-refractivity contribution in [1.82, 2.24) is 0 Å². The zero-order chi connectivity index (χ0) is 26.9. The second kappa shape index (κ2) is 12.6. The lowest BCUT2D eigenvalue weighted by Crippen LogP contribution is -2.38. The number of carbonyl (C=O) groups is 3. The number of benzene rings is 3. The lowest BCUT2D eigenvalue weighted by atomic mass is 10.1. The number of nitrogens with one attached hydrogen (secondary N) is 1. The van der Waals surface area contributed by atoms with Crippen LogP contribution in [0.2, 0.25) is 5.02 Å². The van der Waals surface area contributed by atoms with Gasteiger partial charge in [-0.05, 0) is 48.0 Å². The van der Waals surface area contributed by atoms with Gasteiger partial charge in [0.15, 0.2) is 0 Å². The van der Waals surface area contributed by atoms with Gasteiger partial charge < -0.3 is 21.9 Å². The van der Waals surface area contributed by atoms with Gasteiger partial charge >= 0.3 is 12.1 Å². The van der Waals surface area contributed by atoms with Gasteiger partial charge in [0.05, 0.1) is 10.7 Å². The van der Waals surface area contributed by atoms with Crippen molar-refractivity contribution >= 4 is 46.4 Å². The molecule has 0 aliphatic heterocycles. The number of alkyl halides is 3. The van der Waals surface area contributed by atoms with Gasteiger partial charge in [-0.1, -0.05) is 41.9 Å². The number of carboxylic acids is 1. The monoisotopic (exact) mass is 522 g/mol. The van der Waals surface area contributed by atoms with Crippen molar-refractivity contribution in [3.8, 4) is 0 Å². The van der Waals surface area contributed by atoms with Crippen LogP contribution in [-0.2, 0) is 16.1 Å². The number of carboxylic acid groups (broad SMARTS) is 1. The maximum atomic E-state index is 13.2. The molecule has 0 saturated heterocycles. The summed E-state index contributed by atoms with van der Waals surface area (Å²) in [5.41, 5.74) is 14.2. The van der Waals surface area contributed by atoms with Gasteiger partial charge in [0.25, 0.3) is 5.91 Å². The van der Waals surface area contributed by atoms with Gasteiger partial charge in [0.2, 0.25) is 5.91 Å². The number of nitrogen functional groups attached to an aromatic ring is 1. The topological polar surface area (TPSA) is 139 Å². The number of para-hydroxylation sites is 1. The van der Waals surface area contributed by atoms with Crippen molar-refractivity contribution in [1.29, 1.82) is 0 Å². The minimum absolute atomic E-state index is 0.168. The molecule has 8 nitrogen and oxygen atoms in total. The number of halogens is 4. The molecule has 3 aromatic rings. The molecule has 3 rings (SSSR count). The normalized spacial score (nSPS) is 10.6. The second-order valence-electron chi connectivity index (χ2n) is 7.22. The summed E-state index contributed by atoms with van der Waals surface area (Å²) in [7, 11) is 0. The third-order valence-electron chi connectivity index (χ3n) is 4.55. The van der Waals surface area contributed by atoms with Crippen LogP contribution >= 0.6 is 11.6 Å². The molecule has 12 heteroatoms. The van der Waals surface area contributed by atoms with Crippen LogP contribution in [0.15, 0.2) is 72.8 Å². The minimum Gasteiger partial charge on any atom is -0.475 e. The van der Waals surface area contributed by atoms with Crippen LogP contribution in [0.3, 0.4) is 0 Å². The molecule has 6 N–H and O–H groups in total. The van der Waals surface area contributed by atoms with Crippen molar-refractivity contribution in [3.05, 3.63) is 88.9 Å². The SMILES string of the molecule is NCc1cccc(C(=O)N(CC(=O)Nc2ccc(Cl)c(N)c2)c2ccccc2)c1.O=C(O)C(F)(F)F. The molecule has 0 aromatic heterocycles. The average Bonchev–Trinajstić information content (AvgIpc) is 2.85. The predicted octanol–water partition coefficient (Wildman–Crippen LogP) is 4.30. The van der Waals surface area contributed by atoms with Crippen molar-refractivity contribution in [3.63, 3.8) is 0 Å².